The van der Waals surface area contributed by atoms with Crippen LogP contribution in [0.5, 0.6) is 0 Å². The Hall–Kier alpha value is -1.98. The molecule has 1 fully saturated rings. The number of anilines is 1. The molecule has 2 aromatic heterocycles. The lowest BCUT2D eigenvalue weighted by molar-refractivity contribution is -0.119. The van der Waals surface area contributed by atoms with Gasteiger partial charge in [0.15, 0.2) is 5.13 Å². The fraction of sp³-hybridized carbons (Fsp3) is 0.278. The lowest BCUT2D eigenvalue weighted by Gasteiger charge is -2.19. The summed E-state index contributed by atoms with van der Waals surface area (Å²) < 4.78 is 1.01. The van der Waals surface area contributed by atoms with Crippen molar-refractivity contribution >= 4 is 44.2 Å². The average molecular weight is 358 g/mol. The third kappa shape index (κ3) is 3.01. The maximum Gasteiger partial charge on any atom is 0.232 e. The van der Waals surface area contributed by atoms with E-state index in [1.54, 1.807) is 12.4 Å². The van der Waals surface area contributed by atoms with Gasteiger partial charge >= 0.3 is 0 Å². The van der Waals surface area contributed by atoms with Gasteiger partial charge in [0.2, 0.25) is 5.91 Å². The fourth-order valence-corrected chi connectivity index (χ4v) is 4.14. The maximum absolute atomic E-state index is 12.8. The minimum Gasteiger partial charge on any atom is -0.283 e. The predicted molar refractivity (Wildman–Crippen MR) is 97.5 cm³/mol. The molecule has 4 nitrogen and oxygen atoms in total. The monoisotopic (exact) mass is 357 g/mol. The van der Waals surface area contributed by atoms with E-state index in [0.29, 0.717) is 11.6 Å². The Bertz CT molecular complexity index is 905. The molecular formula is C18H16ClN3OS. The minimum absolute atomic E-state index is 0.142. The highest BCUT2D eigenvalue weighted by Gasteiger charge is 2.35. The summed E-state index contributed by atoms with van der Waals surface area (Å²) in [7, 11) is 0. The van der Waals surface area contributed by atoms with Crippen LogP contribution in [0, 0.1) is 12.8 Å². The number of amides is 1. The summed E-state index contributed by atoms with van der Waals surface area (Å²) in [5.41, 5.74) is 3.00. The summed E-state index contributed by atoms with van der Waals surface area (Å²) in [4.78, 5) is 23.4. The van der Waals surface area contributed by atoms with Crippen LogP contribution >= 0.6 is 22.9 Å². The first-order valence-corrected chi connectivity index (χ1v) is 9.08. The number of aryl methyl sites for hydroxylation is 1. The molecule has 1 aliphatic rings. The first-order valence-electron chi connectivity index (χ1n) is 7.89. The summed E-state index contributed by atoms with van der Waals surface area (Å²) in [5, 5.41) is 1.44. The molecule has 0 saturated heterocycles. The van der Waals surface area contributed by atoms with Gasteiger partial charge in [-0.3, -0.25) is 14.7 Å². The van der Waals surface area contributed by atoms with Crippen LogP contribution in [0.25, 0.3) is 10.2 Å². The number of benzene rings is 1. The standard InChI is InChI=1S/C18H16ClN3OS/c1-11-8-14(19)9-15-16(11)21-18(24-15)22(17(23)13-2-3-13)10-12-4-6-20-7-5-12/h4-9,13H,2-3,10H2,1H3. The second-order valence-electron chi connectivity index (χ2n) is 6.12. The molecule has 0 radical (unpaired) electrons. The zero-order valence-corrected chi connectivity index (χ0v) is 14.8. The van der Waals surface area contributed by atoms with Gasteiger partial charge in [-0.25, -0.2) is 4.98 Å². The molecule has 0 aliphatic heterocycles. The van der Waals surface area contributed by atoms with Gasteiger partial charge in [0.05, 0.1) is 16.8 Å². The van der Waals surface area contributed by atoms with Gasteiger partial charge in [-0.05, 0) is 55.2 Å². The highest BCUT2D eigenvalue weighted by Crippen LogP contribution is 2.37. The second kappa shape index (κ2) is 6.15. The van der Waals surface area contributed by atoms with E-state index in [2.05, 4.69) is 4.98 Å². The number of fused-ring (bicyclic) bond motifs is 1. The van der Waals surface area contributed by atoms with Crippen LogP contribution in [0.1, 0.15) is 24.0 Å². The number of aromatic nitrogens is 2. The van der Waals surface area contributed by atoms with E-state index in [1.807, 2.05) is 36.1 Å². The largest absolute Gasteiger partial charge is 0.283 e. The number of pyridine rings is 1. The maximum atomic E-state index is 12.8. The zero-order chi connectivity index (χ0) is 16.7. The molecule has 0 unspecified atom stereocenters. The number of carbonyl (C=O) groups is 1. The van der Waals surface area contributed by atoms with Gasteiger partial charge < -0.3 is 0 Å². The molecule has 0 spiro atoms. The predicted octanol–water partition coefficient (Wildman–Crippen LogP) is 4.60. The van der Waals surface area contributed by atoms with Crippen molar-refractivity contribution in [2.45, 2.75) is 26.3 Å². The lowest BCUT2D eigenvalue weighted by Crippen LogP contribution is -2.31. The number of carbonyl (C=O) groups excluding carboxylic acids is 1. The third-order valence-electron chi connectivity index (χ3n) is 4.15. The van der Waals surface area contributed by atoms with Crippen molar-refractivity contribution in [3.63, 3.8) is 0 Å². The molecule has 0 bridgehead atoms. The Morgan fingerprint density at radius 1 is 1.33 bits per heavy atom. The molecule has 122 valence electrons. The molecule has 0 N–H and O–H groups in total. The number of halogens is 1. The Kier molecular flexibility index (Phi) is 3.98. The van der Waals surface area contributed by atoms with E-state index in [-0.39, 0.29) is 11.8 Å². The quantitative estimate of drug-likeness (QED) is 0.685. The highest BCUT2D eigenvalue weighted by molar-refractivity contribution is 7.22. The SMILES string of the molecule is Cc1cc(Cl)cc2sc(N(Cc3ccncc3)C(=O)C3CC3)nc12. The van der Waals surface area contributed by atoms with Crippen LogP contribution in [0.2, 0.25) is 5.02 Å². The van der Waals surface area contributed by atoms with Crippen molar-refractivity contribution in [3.05, 3.63) is 52.8 Å². The van der Waals surface area contributed by atoms with E-state index in [9.17, 15) is 4.79 Å². The van der Waals surface area contributed by atoms with Crippen LogP contribution in [0.15, 0.2) is 36.7 Å². The molecule has 1 amide bonds. The van der Waals surface area contributed by atoms with E-state index in [1.165, 1.54) is 11.3 Å². The molecule has 3 aromatic rings. The Morgan fingerprint density at radius 2 is 2.08 bits per heavy atom. The van der Waals surface area contributed by atoms with Crippen LogP contribution in [-0.2, 0) is 11.3 Å². The van der Waals surface area contributed by atoms with Gasteiger partial charge in [0.1, 0.15) is 0 Å². The smallest absolute Gasteiger partial charge is 0.232 e. The number of hydrogen-bond acceptors (Lipinski definition) is 4. The number of thiazole rings is 1. The molecule has 24 heavy (non-hydrogen) atoms. The van der Waals surface area contributed by atoms with Crippen molar-refractivity contribution < 1.29 is 4.79 Å². The van der Waals surface area contributed by atoms with Crippen molar-refractivity contribution in [1.29, 1.82) is 0 Å². The first kappa shape index (κ1) is 15.5. The van der Waals surface area contributed by atoms with Gasteiger partial charge in [-0.15, -0.1) is 0 Å². The highest BCUT2D eigenvalue weighted by atomic mass is 35.5. The van der Waals surface area contributed by atoms with Crippen molar-refractivity contribution in [2.24, 2.45) is 5.92 Å². The van der Waals surface area contributed by atoms with Gasteiger partial charge in [0, 0.05) is 23.3 Å². The summed E-state index contributed by atoms with van der Waals surface area (Å²) in [5.74, 6) is 0.304. The molecular weight excluding hydrogens is 342 g/mol. The normalized spacial score (nSPS) is 14.1. The van der Waals surface area contributed by atoms with Crippen molar-refractivity contribution in [2.75, 3.05) is 4.90 Å². The Labute approximate surface area is 149 Å². The fourth-order valence-electron chi connectivity index (χ4n) is 2.72. The average Bonchev–Trinajstić information content (AvgIpc) is 3.33. The molecule has 4 rings (SSSR count). The summed E-state index contributed by atoms with van der Waals surface area (Å²) >= 11 is 7.68. The summed E-state index contributed by atoms with van der Waals surface area (Å²) in [6, 6.07) is 7.69. The van der Waals surface area contributed by atoms with E-state index >= 15 is 0 Å². The zero-order valence-electron chi connectivity index (χ0n) is 13.2. The van der Waals surface area contributed by atoms with Crippen LogP contribution in [0.4, 0.5) is 5.13 Å². The lowest BCUT2D eigenvalue weighted by atomic mass is 10.2. The topological polar surface area (TPSA) is 46.1 Å². The van der Waals surface area contributed by atoms with Gasteiger partial charge in [0.25, 0.3) is 0 Å². The molecule has 1 aromatic carbocycles. The molecule has 1 aliphatic carbocycles. The van der Waals surface area contributed by atoms with Crippen molar-refractivity contribution in [1.82, 2.24) is 9.97 Å². The Morgan fingerprint density at radius 3 is 2.79 bits per heavy atom. The summed E-state index contributed by atoms with van der Waals surface area (Å²) in [6.45, 7) is 2.51. The third-order valence-corrected chi connectivity index (χ3v) is 5.40. The number of nitrogens with zero attached hydrogens (tertiary/aromatic N) is 3. The van der Waals surface area contributed by atoms with E-state index in [4.69, 9.17) is 16.6 Å². The minimum atomic E-state index is 0.142. The van der Waals surface area contributed by atoms with Crippen LogP contribution < -0.4 is 4.90 Å². The summed E-state index contributed by atoms with van der Waals surface area (Å²) in [6.07, 6.45) is 5.44. The number of hydrogen-bond donors (Lipinski definition) is 0. The Balaban J connectivity index is 1.75. The molecule has 0 atom stereocenters. The van der Waals surface area contributed by atoms with E-state index < -0.39 is 0 Å². The van der Waals surface area contributed by atoms with Crippen molar-refractivity contribution in [3.8, 4) is 0 Å². The van der Waals surface area contributed by atoms with E-state index in [0.717, 1.165) is 39.3 Å². The molecule has 2 heterocycles. The van der Waals surface area contributed by atoms with Gasteiger partial charge in [-0.1, -0.05) is 22.9 Å². The van der Waals surface area contributed by atoms with Gasteiger partial charge in [-0.2, -0.15) is 0 Å². The molecule has 6 heteroatoms. The van der Waals surface area contributed by atoms with Crippen LogP contribution in [0.3, 0.4) is 0 Å². The second-order valence-corrected chi connectivity index (χ2v) is 7.57. The number of rotatable bonds is 4. The first-order chi connectivity index (χ1) is 11.6. The molecule has 1 saturated carbocycles. The van der Waals surface area contributed by atoms with Crippen LogP contribution in [-0.4, -0.2) is 15.9 Å².